The molecular formula is C20H21N7S. The molecule has 0 saturated carbocycles. The summed E-state index contributed by atoms with van der Waals surface area (Å²) in [5, 5.41) is 11.5. The Kier molecular flexibility index (Phi) is 4.87. The minimum absolute atomic E-state index is 0.748. The number of aliphatic imine (C=N–C) groups is 1. The number of fused-ring (bicyclic) bond motifs is 1. The number of benzene rings is 1. The molecule has 4 rings (SSSR count). The van der Waals surface area contributed by atoms with E-state index in [0.29, 0.717) is 0 Å². The Balaban J connectivity index is 1.64. The first-order valence-electron chi connectivity index (χ1n) is 8.93. The number of nitrogens with zero attached hydrogens (tertiary/aromatic N) is 7. The van der Waals surface area contributed by atoms with Crippen molar-refractivity contribution in [3.05, 3.63) is 66.9 Å². The molecule has 0 amide bonds. The molecule has 1 aliphatic heterocycles. The quantitative estimate of drug-likeness (QED) is 0.388. The van der Waals surface area contributed by atoms with Crippen LogP contribution in [0.3, 0.4) is 0 Å². The highest BCUT2D eigenvalue weighted by atomic mass is 32.2. The lowest BCUT2D eigenvalue weighted by atomic mass is 10.2. The number of aromatic nitrogens is 4. The van der Waals surface area contributed by atoms with Crippen molar-refractivity contribution in [1.82, 2.24) is 24.3 Å². The van der Waals surface area contributed by atoms with E-state index in [2.05, 4.69) is 45.3 Å². The summed E-state index contributed by atoms with van der Waals surface area (Å²) >= 11 is 1.55. The minimum Gasteiger partial charge on any atom is -0.331 e. The van der Waals surface area contributed by atoms with Crippen LogP contribution < -0.4 is 0 Å². The van der Waals surface area contributed by atoms with E-state index in [1.54, 1.807) is 34.7 Å². The van der Waals surface area contributed by atoms with Crippen LogP contribution in [0.4, 0.5) is 0 Å². The van der Waals surface area contributed by atoms with Crippen molar-refractivity contribution in [3.8, 4) is 0 Å². The average molecular weight is 392 g/mol. The van der Waals surface area contributed by atoms with Gasteiger partial charge in [0.15, 0.2) is 5.17 Å². The molecule has 2 aromatic heterocycles. The second-order valence-electron chi connectivity index (χ2n) is 6.31. The number of aryl methyl sites for hydroxylation is 2. The SMILES string of the molecule is C=C1C=CC(c2cnn(C)c2)=NN1C(=NC)Sc1ccc2ncn(CC)c2c1. The van der Waals surface area contributed by atoms with E-state index < -0.39 is 0 Å². The van der Waals surface area contributed by atoms with Crippen LogP contribution in [0.25, 0.3) is 11.0 Å². The summed E-state index contributed by atoms with van der Waals surface area (Å²) in [7, 11) is 3.65. The van der Waals surface area contributed by atoms with Crippen molar-refractivity contribution in [3.63, 3.8) is 0 Å². The van der Waals surface area contributed by atoms with E-state index in [1.807, 2.05) is 37.8 Å². The second kappa shape index (κ2) is 7.47. The Morgan fingerprint density at radius 3 is 2.86 bits per heavy atom. The molecule has 1 aromatic carbocycles. The molecular weight excluding hydrogens is 370 g/mol. The predicted molar refractivity (Wildman–Crippen MR) is 114 cm³/mol. The monoisotopic (exact) mass is 391 g/mol. The van der Waals surface area contributed by atoms with Gasteiger partial charge in [-0.3, -0.25) is 9.67 Å². The fourth-order valence-electron chi connectivity index (χ4n) is 2.97. The van der Waals surface area contributed by atoms with Gasteiger partial charge >= 0.3 is 0 Å². The van der Waals surface area contributed by atoms with Crippen molar-refractivity contribution in [2.45, 2.75) is 18.4 Å². The second-order valence-corrected chi connectivity index (χ2v) is 7.35. The Labute approximate surface area is 167 Å². The Bertz CT molecular complexity index is 1130. The summed E-state index contributed by atoms with van der Waals surface area (Å²) in [5.41, 5.74) is 4.63. The smallest absolute Gasteiger partial charge is 0.189 e. The molecule has 28 heavy (non-hydrogen) atoms. The molecule has 7 nitrogen and oxygen atoms in total. The third kappa shape index (κ3) is 3.38. The zero-order chi connectivity index (χ0) is 19.7. The van der Waals surface area contributed by atoms with Crippen molar-refractivity contribution < 1.29 is 0 Å². The zero-order valence-electron chi connectivity index (χ0n) is 16.1. The molecule has 0 N–H and O–H groups in total. The molecule has 0 fully saturated rings. The molecule has 0 atom stereocenters. The third-order valence-corrected chi connectivity index (χ3v) is 5.46. The summed E-state index contributed by atoms with van der Waals surface area (Å²) < 4.78 is 3.89. The van der Waals surface area contributed by atoms with Crippen molar-refractivity contribution in [2.75, 3.05) is 7.05 Å². The lowest BCUT2D eigenvalue weighted by Crippen LogP contribution is -2.25. The number of hydrogen-bond acceptors (Lipinski definition) is 5. The number of imidazole rings is 1. The van der Waals surface area contributed by atoms with Gasteiger partial charge in [-0.15, -0.1) is 0 Å². The first kappa shape index (κ1) is 18.2. The largest absolute Gasteiger partial charge is 0.331 e. The van der Waals surface area contributed by atoms with Gasteiger partial charge in [0.05, 0.1) is 35.0 Å². The highest BCUT2D eigenvalue weighted by molar-refractivity contribution is 8.13. The molecule has 142 valence electrons. The molecule has 3 aromatic rings. The van der Waals surface area contributed by atoms with E-state index >= 15 is 0 Å². The molecule has 0 radical (unpaired) electrons. The summed E-state index contributed by atoms with van der Waals surface area (Å²) in [6.07, 6.45) is 9.49. The number of amidine groups is 1. The Morgan fingerprint density at radius 2 is 2.14 bits per heavy atom. The van der Waals surface area contributed by atoms with Gasteiger partial charge in [0.2, 0.25) is 0 Å². The number of allylic oxidation sites excluding steroid dienone is 2. The van der Waals surface area contributed by atoms with E-state index in [1.165, 1.54) is 0 Å². The highest BCUT2D eigenvalue weighted by Crippen LogP contribution is 2.28. The van der Waals surface area contributed by atoms with Crippen LogP contribution in [-0.4, -0.2) is 42.3 Å². The van der Waals surface area contributed by atoms with Crippen molar-refractivity contribution in [2.24, 2.45) is 17.1 Å². The first-order valence-corrected chi connectivity index (χ1v) is 9.75. The maximum Gasteiger partial charge on any atom is 0.189 e. The maximum atomic E-state index is 4.74. The van der Waals surface area contributed by atoms with Crippen LogP contribution in [0.5, 0.6) is 0 Å². The molecule has 8 heteroatoms. The number of rotatable bonds is 3. The first-order chi connectivity index (χ1) is 13.6. The molecule has 0 spiro atoms. The maximum absolute atomic E-state index is 4.74. The van der Waals surface area contributed by atoms with Gasteiger partial charge in [-0.1, -0.05) is 18.3 Å². The van der Waals surface area contributed by atoms with Gasteiger partial charge in [-0.25, -0.2) is 9.99 Å². The van der Waals surface area contributed by atoms with Crippen LogP contribution in [-0.2, 0) is 13.6 Å². The van der Waals surface area contributed by atoms with Gasteiger partial charge in [-0.05, 0) is 37.3 Å². The summed E-state index contributed by atoms with van der Waals surface area (Å²) in [6, 6.07) is 6.22. The predicted octanol–water partition coefficient (Wildman–Crippen LogP) is 3.66. The van der Waals surface area contributed by atoms with E-state index in [4.69, 9.17) is 5.10 Å². The lowest BCUT2D eigenvalue weighted by Gasteiger charge is -2.24. The number of hydrazone groups is 1. The average Bonchev–Trinajstić information content (AvgIpc) is 3.32. The van der Waals surface area contributed by atoms with Gasteiger partial charge in [0, 0.05) is 37.3 Å². The highest BCUT2D eigenvalue weighted by Gasteiger charge is 2.19. The van der Waals surface area contributed by atoms with Gasteiger partial charge in [0.25, 0.3) is 0 Å². The lowest BCUT2D eigenvalue weighted by molar-refractivity contribution is 0.577. The summed E-state index contributed by atoms with van der Waals surface area (Å²) in [5.74, 6) is 0. The zero-order valence-corrected chi connectivity index (χ0v) is 16.9. The van der Waals surface area contributed by atoms with Crippen molar-refractivity contribution >= 4 is 33.7 Å². The fourth-order valence-corrected chi connectivity index (χ4v) is 3.82. The Hall–Kier alpha value is -3.13. The number of thioether (sulfide) groups is 1. The normalized spacial score (nSPS) is 14.8. The van der Waals surface area contributed by atoms with Crippen LogP contribution in [0.15, 0.2) is 76.3 Å². The van der Waals surface area contributed by atoms with Crippen LogP contribution in [0.1, 0.15) is 12.5 Å². The fraction of sp³-hybridized carbons (Fsp3) is 0.200. The van der Waals surface area contributed by atoms with E-state index in [-0.39, 0.29) is 0 Å². The van der Waals surface area contributed by atoms with E-state index in [9.17, 15) is 0 Å². The summed E-state index contributed by atoms with van der Waals surface area (Å²) in [4.78, 5) is 9.97. The molecule has 0 unspecified atom stereocenters. The van der Waals surface area contributed by atoms with Crippen LogP contribution >= 0.6 is 11.8 Å². The molecule has 1 aliphatic rings. The molecule has 0 bridgehead atoms. The summed E-state index contributed by atoms with van der Waals surface area (Å²) in [6.45, 7) is 7.10. The van der Waals surface area contributed by atoms with Crippen LogP contribution in [0.2, 0.25) is 0 Å². The van der Waals surface area contributed by atoms with E-state index in [0.717, 1.165) is 44.6 Å². The van der Waals surface area contributed by atoms with Gasteiger partial charge in [0.1, 0.15) is 0 Å². The topological polar surface area (TPSA) is 63.6 Å². The van der Waals surface area contributed by atoms with Gasteiger partial charge < -0.3 is 4.57 Å². The standard InChI is InChI=1S/C20H21N7S/c1-5-26-13-22-18-9-7-16(10-19(18)26)28-20(21-3)27-14(2)6-8-17(24-27)15-11-23-25(4)12-15/h6-13H,2,5H2,1,3-4H3. The van der Waals surface area contributed by atoms with Crippen LogP contribution in [0, 0.1) is 0 Å². The van der Waals surface area contributed by atoms with Crippen molar-refractivity contribution in [1.29, 1.82) is 0 Å². The Morgan fingerprint density at radius 1 is 1.29 bits per heavy atom. The number of hydrogen-bond donors (Lipinski definition) is 0. The third-order valence-electron chi connectivity index (χ3n) is 4.43. The molecule has 3 heterocycles. The molecule has 0 aliphatic carbocycles. The van der Waals surface area contributed by atoms with Gasteiger partial charge in [-0.2, -0.15) is 10.2 Å². The minimum atomic E-state index is 0.748. The molecule has 0 saturated heterocycles.